The molecule has 1 N–H and O–H groups in total. The molecule has 0 aromatic carbocycles. The predicted molar refractivity (Wildman–Crippen MR) is 56.1 cm³/mol. The van der Waals surface area contributed by atoms with Crippen LogP contribution in [-0.4, -0.2) is 26.6 Å². The van der Waals surface area contributed by atoms with E-state index in [1.807, 2.05) is 24.9 Å². The Morgan fingerprint density at radius 1 is 1.27 bits per heavy atom. The molecule has 2 heterocycles. The molecule has 0 saturated carbocycles. The number of aromatic nitrogens is 4. The van der Waals surface area contributed by atoms with Gasteiger partial charge in [-0.25, -0.2) is 4.98 Å². The number of nitrogens with zero attached hydrogens (tertiary/aromatic N) is 4. The Morgan fingerprint density at radius 2 is 2.13 bits per heavy atom. The molecule has 0 radical (unpaired) electrons. The lowest BCUT2D eigenvalue weighted by atomic mass is 10.2. The van der Waals surface area contributed by atoms with Gasteiger partial charge in [-0.15, -0.1) is 0 Å². The molecular formula is C10H13N5. The van der Waals surface area contributed by atoms with Gasteiger partial charge in [0, 0.05) is 31.8 Å². The first-order chi connectivity index (χ1) is 7.33. The highest BCUT2D eigenvalue weighted by Gasteiger charge is 2.17. The first-order valence-corrected chi connectivity index (χ1v) is 4.73. The zero-order valence-corrected chi connectivity index (χ0v) is 8.75. The van der Waals surface area contributed by atoms with Gasteiger partial charge in [0.05, 0.1) is 11.9 Å². The van der Waals surface area contributed by atoms with Gasteiger partial charge in [0.1, 0.15) is 11.9 Å². The maximum absolute atomic E-state index is 4.30. The van der Waals surface area contributed by atoms with E-state index in [0.717, 1.165) is 11.5 Å². The Morgan fingerprint density at radius 3 is 2.67 bits per heavy atom. The zero-order valence-electron chi connectivity index (χ0n) is 8.75. The second-order valence-corrected chi connectivity index (χ2v) is 3.25. The van der Waals surface area contributed by atoms with Crippen LogP contribution in [0.5, 0.6) is 0 Å². The van der Waals surface area contributed by atoms with Crippen LogP contribution in [0.15, 0.2) is 31.0 Å². The van der Waals surface area contributed by atoms with Crippen LogP contribution < -0.4 is 5.32 Å². The normalized spacial score (nSPS) is 12.7. The fourth-order valence-electron chi connectivity index (χ4n) is 1.52. The van der Waals surface area contributed by atoms with Gasteiger partial charge in [0.2, 0.25) is 0 Å². The molecule has 0 aliphatic rings. The van der Waals surface area contributed by atoms with E-state index in [1.54, 1.807) is 24.8 Å². The maximum atomic E-state index is 4.30. The molecule has 78 valence electrons. The second kappa shape index (κ2) is 4.18. The van der Waals surface area contributed by atoms with Crippen LogP contribution in [0.1, 0.15) is 17.6 Å². The minimum absolute atomic E-state index is 0.0151. The lowest BCUT2D eigenvalue weighted by Gasteiger charge is -2.14. The molecule has 0 aliphatic carbocycles. The van der Waals surface area contributed by atoms with Crippen LogP contribution >= 0.6 is 0 Å². The molecule has 2 aromatic heterocycles. The molecule has 0 saturated heterocycles. The van der Waals surface area contributed by atoms with Gasteiger partial charge < -0.3 is 9.88 Å². The number of rotatable bonds is 3. The SMILES string of the molecule is CNC(c1cnccn1)c1nccn1C. The summed E-state index contributed by atoms with van der Waals surface area (Å²) in [4.78, 5) is 12.6. The average molecular weight is 203 g/mol. The Bertz CT molecular complexity index is 422. The van der Waals surface area contributed by atoms with Crippen molar-refractivity contribution in [3.63, 3.8) is 0 Å². The molecule has 0 aliphatic heterocycles. The predicted octanol–water partition coefficient (Wildman–Crippen LogP) is 0.519. The molecule has 1 unspecified atom stereocenters. The van der Waals surface area contributed by atoms with E-state index < -0.39 is 0 Å². The summed E-state index contributed by atoms with van der Waals surface area (Å²) in [7, 11) is 3.84. The highest BCUT2D eigenvalue weighted by molar-refractivity contribution is 5.14. The standard InChI is InChI=1S/C10H13N5/c1-11-9(8-7-12-3-4-13-8)10-14-5-6-15(10)2/h3-7,9,11H,1-2H3. The molecule has 0 amide bonds. The molecule has 5 heteroatoms. The zero-order chi connectivity index (χ0) is 10.7. The molecule has 2 aromatic rings. The van der Waals surface area contributed by atoms with Crippen LogP contribution in [0, 0.1) is 0 Å². The summed E-state index contributed by atoms with van der Waals surface area (Å²) in [5, 5.41) is 3.18. The number of aryl methyl sites for hydroxylation is 1. The summed E-state index contributed by atoms with van der Waals surface area (Å²) in [6, 6.07) is -0.0151. The number of hydrogen-bond donors (Lipinski definition) is 1. The summed E-state index contributed by atoms with van der Waals surface area (Å²) in [5.41, 5.74) is 0.870. The molecule has 0 spiro atoms. The third-order valence-corrected chi connectivity index (χ3v) is 2.28. The number of imidazole rings is 1. The first kappa shape index (κ1) is 9.79. The van der Waals surface area contributed by atoms with Crippen molar-refractivity contribution >= 4 is 0 Å². The van der Waals surface area contributed by atoms with E-state index in [9.17, 15) is 0 Å². The van der Waals surface area contributed by atoms with Crippen LogP contribution in [0.2, 0.25) is 0 Å². The molecule has 1 atom stereocenters. The largest absolute Gasteiger partial charge is 0.336 e. The topological polar surface area (TPSA) is 55.6 Å². The van der Waals surface area contributed by atoms with Gasteiger partial charge in [-0.05, 0) is 7.05 Å². The van der Waals surface area contributed by atoms with Crippen LogP contribution in [0.25, 0.3) is 0 Å². The molecule has 15 heavy (non-hydrogen) atoms. The van der Waals surface area contributed by atoms with Crippen molar-refractivity contribution in [1.29, 1.82) is 0 Å². The van der Waals surface area contributed by atoms with Gasteiger partial charge in [-0.1, -0.05) is 0 Å². The van der Waals surface area contributed by atoms with Gasteiger partial charge in [0.15, 0.2) is 0 Å². The fourth-order valence-corrected chi connectivity index (χ4v) is 1.52. The van der Waals surface area contributed by atoms with Crippen molar-refractivity contribution in [2.45, 2.75) is 6.04 Å². The average Bonchev–Trinajstić information content (AvgIpc) is 2.68. The van der Waals surface area contributed by atoms with Crippen molar-refractivity contribution < 1.29 is 0 Å². The Kier molecular flexibility index (Phi) is 2.73. The molecule has 5 nitrogen and oxygen atoms in total. The minimum Gasteiger partial charge on any atom is -0.336 e. The summed E-state index contributed by atoms with van der Waals surface area (Å²) in [6.45, 7) is 0. The van der Waals surface area contributed by atoms with Crippen molar-refractivity contribution in [2.75, 3.05) is 7.05 Å². The summed E-state index contributed by atoms with van der Waals surface area (Å²) in [6.07, 6.45) is 8.78. The highest BCUT2D eigenvalue weighted by Crippen LogP contribution is 2.16. The molecule has 0 fully saturated rings. The third-order valence-electron chi connectivity index (χ3n) is 2.28. The Hall–Kier alpha value is -1.75. The van der Waals surface area contributed by atoms with Crippen molar-refractivity contribution in [1.82, 2.24) is 24.8 Å². The maximum Gasteiger partial charge on any atom is 0.131 e. The van der Waals surface area contributed by atoms with Crippen molar-refractivity contribution in [3.8, 4) is 0 Å². The van der Waals surface area contributed by atoms with Crippen molar-refractivity contribution in [2.24, 2.45) is 7.05 Å². The van der Waals surface area contributed by atoms with E-state index in [-0.39, 0.29) is 6.04 Å². The van der Waals surface area contributed by atoms with E-state index in [0.29, 0.717) is 0 Å². The van der Waals surface area contributed by atoms with Crippen LogP contribution in [0.4, 0.5) is 0 Å². The molecular weight excluding hydrogens is 190 g/mol. The van der Waals surface area contributed by atoms with E-state index in [4.69, 9.17) is 0 Å². The first-order valence-electron chi connectivity index (χ1n) is 4.73. The third kappa shape index (κ3) is 1.87. The minimum atomic E-state index is -0.0151. The van der Waals surface area contributed by atoms with Crippen LogP contribution in [-0.2, 0) is 7.05 Å². The van der Waals surface area contributed by atoms with Gasteiger partial charge in [0.25, 0.3) is 0 Å². The van der Waals surface area contributed by atoms with E-state index >= 15 is 0 Å². The van der Waals surface area contributed by atoms with E-state index in [2.05, 4.69) is 20.3 Å². The lowest BCUT2D eigenvalue weighted by Crippen LogP contribution is -2.22. The monoisotopic (exact) mass is 203 g/mol. The molecule has 2 rings (SSSR count). The smallest absolute Gasteiger partial charge is 0.131 e. The highest BCUT2D eigenvalue weighted by atomic mass is 15.1. The van der Waals surface area contributed by atoms with E-state index in [1.165, 1.54) is 0 Å². The summed E-state index contributed by atoms with van der Waals surface area (Å²) < 4.78 is 1.97. The Balaban J connectivity index is 2.37. The van der Waals surface area contributed by atoms with Gasteiger partial charge >= 0.3 is 0 Å². The Labute approximate surface area is 88.2 Å². The molecule has 0 bridgehead atoms. The fraction of sp³-hybridized carbons (Fsp3) is 0.300. The lowest BCUT2D eigenvalue weighted by molar-refractivity contribution is 0.600. The van der Waals surface area contributed by atoms with Gasteiger partial charge in [-0.3, -0.25) is 9.97 Å². The summed E-state index contributed by atoms with van der Waals surface area (Å²) in [5.74, 6) is 0.929. The number of nitrogens with one attached hydrogen (secondary N) is 1. The van der Waals surface area contributed by atoms with Gasteiger partial charge in [-0.2, -0.15) is 0 Å². The van der Waals surface area contributed by atoms with Crippen LogP contribution in [0.3, 0.4) is 0 Å². The van der Waals surface area contributed by atoms with Crippen molar-refractivity contribution in [3.05, 3.63) is 42.5 Å². The second-order valence-electron chi connectivity index (χ2n) is 3.25. The summed E-state index contributed by atoms with van der Waals surface area (Å²) >= 11 is 0. The number of hydrogen-bond acceptors (Lipinski definition) is 4. The quantitative estimate of drug-likeness (QED) is 0.790.